The largest absolute Gasteiger partial charge is 0.488 e. The summed E-state index contributed by atoms with van der Waals surface area (Å²) in [5, 5.41) is 0.915. The first-order chi connectivity index (χ1) is 10.2. The van der Waals surface area contributed by atoms with Crippen molar-refractivity contribution in [3.8, 4) is 5.75 Å². The van der Waals surface area contributed by atoms with E-state index in [-0.39, 0.29) is 5.78 Å². The zero-order chi connectivity index (χ0) is 14.7. The van der Waals surface area contributed by atoms with E-state index in [0.29, 0.717) is 18.1 Å². The number of hydrogen-bond acceptors (Lipinski definition) is 3. The number of para-hydroxylation sites is 1. The van der Waals surface area contributed by atoms with Crippen LogP contribution in [0.1, 0.15) is 23.0 Å². The summed E-state index contributed by atoms with van der Waals surface area (Å²) in [6, 6.07) is 19.3. The van der Waals surface area contributed by atoms with Crippen LogP contribution in [0.2, 0.25) is 0 Å². The number of hydrogen-bond donors (Lipinski definition) is 0. The lowest BCUT2D eigenvalue weighted by Gasteiger charge is -2.10. The van der Waals surface area contributed by atoms with Crippen molar-refractivity contribution in [2.45, 2.75) is 13.5 Å². The minimum absolute atomic E-state index is 0.0645. The van der Waals surface area contributed by atoms with Crippen molar-refractivity contribution in [2.24, 2.45) is 0 Å². The maximum absolute atomic E-state index is 11.6. The topological polar surface area (TPSA) is 39.2 Å². The lowest BCUT2D eigenvalue weighted by Crippen LogP contribution is -2.01. The van der Waals surface area contributed by atoms with Crippen LogP contribution in [0.5, 0.6) is 5.75 Å². The highest BCUT2D eigenvalue weighted by Gasteiger charge is 2.09. The van der Waals surface area contributed by atoms with Crippen LogP contribution in [-0.4, -0.2) is 10.8 Å². The number of nitrogens with zero attached hydrogens (tertiary/aromatic N) is 1. The Kier molecular flexibility index (Phi) is 3.65. The minimum Gasteiger partial charge on any atom is -0.488 e. The molecule has 1 heterocycles. The molecule has 0 fully saturated rings. The number of Topliss-reactive ketones (excluding diaryl/α,β-unsaturated/α-hetero) is 1. The van der Waals surface area contributed by atoms with Crippen LogP contribution in [-0.2, 0) is 6.61 Å². The Balaban J connectivity index is 1.98. The van der Waals surface area contributed by atoms with E-state index >= 15 is 0 Å². The molecule has 0 amide bonds. The Morgan fingerprint density at radius 1 is 1.05 bits per heavy atom. The number of carbonyl (C=O) groups excluding carboxylic acids is 1. The van der Waals surface area contributed by atoms with E-state index in [1.165, 1.54) is 6.92 Å². The highest BCUT2D eigenvalue weighted by Crippen LogP contribution is 2.26. The van der Waals surface area contributed by atoms with E-state index in [9.17, 15) is 4.79 Å². The molecule has 104 valence electrons. The fourth-order valence-electron chi connectivity index (χ4n) is 2.18. The predicted octanol–water partition coefficient (Wildman–Crippen LogP) is 4.02. The summed E-state index contributed by atoms with van der Waals surface area (Å²) in [5.74, 6) is 0.625. The Morgan fingerprint density at radius 3 is 2.52 bits per heavy atom. The molecular formula is C18H15NO2. The van der Waals surface area contributed by atoms with Crippen LogP contribution in [0, 0.1) is 0 Å². The Bertz CT molecular complexity index is 782. The smallest absolute Gasteiger partial charge is 0.178 e. The second kappa shape index (κ2) is 5.75. The molecule has 0 saturated heterocycles. The summed E-state index contributed by atoms with van der Waals surface area (Å²) in [4.78, 5) is 16.0. The lowest BCUT2D eigenvalue weighted by atomic mass is 10.1. The molecule has 0 aliphatic heterocycles. The molecule has 0 atom stereocenters. The number of aromatic nitrogens is 1. The van der Waals surface area contributed by atoms with E-state index in [2.05, 4.69) is 4.98 Å². The highest BCUT2D eigenvalue weighted by atomic mass is 16.5. The van der Waals surface area contributed by atoms with Gasteiger partial charge in [0.2, 0.25) is 0 Å². The number of rotatable bonds is 4. The molecule has 0 spiro atoms. The van der Waals surface area contributed by atoms with E-state index < -0.39 is 0 Å². The van der Waals surface area contributed by atoms with E-state index in [4.69, 9.17) is 4.74 Å². The van der Waals surface area contributed by atoms with Crippen molar-refractivity contribution < 1.29 is 9.53 Å². The monoisotopic (exact) mass is 277 g/mol. The highest BCUT2D eigenvalue weighted by molar-refractivity contribution is 5.96. The van der Waals surface area contributed by atoms with Crippen molar-refractivity contribution >= 4 is 16.7 Å². The Morgan fingerprint density at radius 2 is 1.76 bits per heavy atom. The van der Waals surface area contributed by atoms with Crippen LogP contribution >= 0.6 is 0 Å². The van der Waals surface area contributed by atoms with Gasteiger partial charge in [0.05, 0.1) is 5.52 Å². The third-order valence-electron chi connectivity index (χ3n) is 3.28. The fraction of sp³-hybridized carbons (Fsp3) is 0.111. The van der Waals surface area contributed by atoms with Gasteiger partial charge in [0.25, 0.3) is 0 Å². The second-order valence-corrected chi connectivity index (χ2v) is 4.85. The molecule has 0 aliphatic rings. The zero-order valence-corrected chi connectivity index (χ0v) is 11.7. The van der Waals surface area contributed by atoms with Gasteiger partial charge in [-0.05, 0) is 17.7 Å². The second-order valence-electron chi connectivity index (χ2n) is 4.85. The third kappa shape index (κ3) is 2.92. The van der Waals surface area contributed by atoms with Gasteiger partial charge in [0, 0.05) is 18.4 Å². The van der Waals surface area contributed by atoms with Crippen molar-refractivity contribution in [3.05, 3.63) is 71.9 Å². The van der Waals surface area contributed by atoms with Gasteiger partial charge in [-0.25, -0.2) is 4.98 Å². The predicted molar refractivity (Wildman–Crippen MR) is 82.5 cm³/mol. The van der Waals surface area contributed by atoms with Crippen molar-refractivity contribution in [2.75, 3.05) is 0 Å². The molecular weight excluding hydrogens is 262 g/mol. The van der Waals surface area contributed by atoms with E-state index in [1.54, 1.807) is 6.07 Å². The summed E-state index contributed by atoms with van der Waals surface area (Å²) in [7, 11) is 0. The summed E-state index contributed by atoms with van der Waals surface area (Å²) in [5.41, 5.74) is 2.28. The minimum atomic E-state index is -0.0645. The van der Waals surface area contributed by atoms with Gasteiger partial charge in [-0.1, -0.05) is 42.5 Å². The Labute approximate surface area is 123 Å². The van der Waals surface area contributed by atoms with Crippen molar-refractivity contribution in [1.82, 2.24) is 4.98 Å². The SMILES string of the molecule is CC(=O)c1cc(OCc2ccccc2)c2ccccc2n1. The molecule has 0 N–H and O–H groups in total. The normalized spacial score (nSPS) is 10.5. The zero-order valence-electron chi connectivity index (χ0n) is 11.7. The molecule has 1 aromatic heterocycles. The summed E-state index contributed by atoms with van der Waals surface area (Å²) in [6.45, 7) is 1.98. The van der Waals surface area contributed by atoms with Crippen LogP contribution < -0.4 is 4.74 Å². The van der Waals surface area contributed by atoms with Crippen molar-refractivity contribution in [1.29, 1.82) is 0 Å². The summed E-state index contributed by atoms with van der Waals surface area (Å²) in [6.07, 6.45) is 0. The van der Waals surface area contributed by atoms with Crippen LogP contribution in [0.25, 0.3) is 10.9 Å². The van der Waals surface area contributed by atoms with Crippen LogP contribution in [0.3, 0.4) is 0 Å². The molecule has 0 bridgehead atoms. The molecule has 2 aromatic carbocycles. The molecule has 21 heavy (non-hydrogen) atoms. The van der Waals surface area contributed by atoms with E-state index in [0.717, 1.165) is 16.5 Å². The van der Waals surface area contributed by atoms with E-state index in [1.807, 2.05) is 54.6 Å². The van der Waals surface area contributed by atoms with Gasteiger partial charge in [-0.15, -0.1) is 0 Å². The number of benzene rings is 2. The van der Waals surface area contributed by atoms with Crippen LogP contribution in [0.15, 0.2) is 60.7 Å². The average molecular weight is 277 g/mol. The number of ketones is 1. The average Bonchev–Trinajstić information content (AvgIpc) is 2.53. The summed E-state index contributed by atoms with van der Waals surface area (Å²) < 4.78 is 5.90. The Hall–Kier alpha value is -2.68. The quantitative estimate of drug-likeness (QED) is 0.676. The number of ether oxygens (including phenoxy) is 1. The lowest BCUT2D eigenvalue weighted by molar-refractivity contribution is 0.101. The number of carbonyl (C=O) groups is 1. The molecule has 3 heteroatoms. The molecule has 3 aromatic rings. The maximum atomic E-state index is 11.6. The molecule has 0 unspecified atom stereocenters. The van der Waals surface area contributed by atoms with Crippen LogP contribution in [0.4, 0.5) is 0 Å². The van der Waals surface area contributed by atoms with Gasteiger partial charge in [-0.2, -0.15) is 0 Å². The third-order valence-corrected chi connectivity index (χ3v) is 3.28. The molecule has 0 aliphatic carbocycles. The van der Waals surface area contributed by atoms with Gasteiger partial charge in [-0.3, -0.25) is 4.79 Å². The molecule has 3 nitrogen and oxygen atoms in total. The first kappa shape index (κ1) is 13.3. The van der Waals surface area contributed by atoms with Crippen molar-refractivity contribution in [3.63, 3.8) is 0 Å². The molecule has 0 saturated carbocycles. The van der Waals surface area contributed by atoms with Gasteiger partial charge < -0.3 is 4.74 Å². The first-order valence-corrected chi connectivity index (χ1v) is 6.81. The number of pyridine rings is 1. The van der Waals surface area contributed by atoms with Gasteiger partial charge >= 0.3 is 0 Å². The number of fused-ring (bicyclic) bond motifs is 1. The fourth-order valence-corrected chi connectivity index (χ4v) is 2.18. The molecule has 0 radical (unpaired) electrons. The van der Waals surface area contributed by atoms with Gasteiger partial charge in [0.1, 0.15) is 18.1 Å². The summed E-state index contributed by atoms with van der Waals surface area (Å²) >= 11 is 0. The standard InChI is InChI=1S/C18H15NO2/c1-13(20)17-11-18(15-9-5-6-10-16(15)19-17)21-12-14-7-3-2-4-8-14/h2-11H,12H2,1H3. The maximum Gasteiger partial charge on any atom is 0.178 e. The molecule has 3 rings (SSSR count). The first-order valence-electron chi connectivity index (χ1n) is 6.81. The van der Waals surface area contributed by atoms with Gasteiger partial charge in [0.15, 0.2) is 5.78 Å².